The number of aromatic nitrogens is 3. The fourth-order valence-electron chi connectivity index (χ4n) is 4.35. The third-order valence-electron chi connectivity index (χ3n) is 5.75. The lowest BCUT2D eigenvalue weighted by Crippen LogP contribution is -2.46. The number of rotatable bonds is 5. The number of halogens is 1. The van der Waals surface area contributed by atoms with E-state index in [9.17, 15) is 4.79 Å². The first-order valence-electron chi connectivity index (χ1n) is 9.35. The summed E-state index contributed by atoms with van der Waals surface area (Å²) in [6.45, 7) is 0.566. The Labute approximate surface area is 169 Å². The zero-order chi connectivity index (χ0) is 19.9. The zero-order valence-corrected chi connectivity index (χ0v) is 16.9. The number of nitrogens with two attached hydrogens (primary N) is 1. The Morgan fingerprint density at radius 3 is 2.57 bits per heavy atom. The summed E-state index contributed by atoms with van der Waals surface area (Å²) in [6, 6.07) is 16.5. The molecule has 0 saturated heterocycles. The van der Waals surface area contributed by atoms with Crippen LogP contribution in [0.25, 0.3) is 0 Å². The maximum absolute atomic E-state index is 12.1. The third kappa shape index (κ3) is 3.23. The SMILES string of the molecule is Cn1nc(N(N)C[C@@]2(Cc3ccc(Cl)cc3)CCc3ccccc32)n(C)c1=O. The van der Waals surface area contributed by atoms with Crippen molar-refractivity contribution in [2.24, 2.45) is 19.9 Å². The van der Waals surface area contributed by atoms with Crippen LogP contribution in [0.4, 0.5) is 5.95 Å². The number of hydrogen-bond acceptors (Lipinski definition) is 4. The van der Waals surface area contributed by atoms with E-state index in [1.807, 2.05) is 12.1 Å². The second-order valence-electron chi connectivity index (χ2n) is 7.63. The van der Waals surface area contributed by atoms with Gasteiger partial charge in [-0.1, -0.05) is 48.0 Å². The molecule has 0 unspecified atom stereocenters. The van der Waals surface area contributed by atoms with Gasteiger partial charge in [-0.25, -0.2) is 15.3 Å². The maximum Gasteiger partial charge on any atom is 0.346 e. The molecule has 0 aliphatic heterocycles. The van der Waals surface area contributed by atoms with Crippen LogP contribution in [-0.2, 0) is 32.4 Å². The lowest BCUT2D eigenvalue weighted by Gasteiger charge is -2.35. The summed E-state index contributed by atoms with van der Waals surface area (Å²) in [5.41, 5.74) is 3.54. The number of nitrogens with zero attached hydrogens (tertiary/aromatic N) is 4. The van der Waals surface area contributed by atoms with Gasteiger partial charge in [-0.2, -0.15) is 0 Å². The van der Waals surface area contributed by atoms with Crippen molar-refractivity contribution in [1.82, 2.24) is 14.3 Å². The Kier molecular flexibility index (Phi) is 4.77. The van der Waals surface area contributed by atoms with Crippen molar-refractivity contribution in [2.75, 3.05) is 11.6 Å². The molecule has 1 aliphatic rings. The molecule has 146 valence electrons. The van der Waals surface area contributed by atoms with E-state index in [-0.39, 0.29) is 11.1 Å². The fraction of sp³-hybridized carbons (Fsp3) is 0.333. The molecular weight excluding hydrogens is 374 g/mol. The van der Waals surface area contributed by atoms with Crippen LogP contribution in [0.2, 0.25) is 5.02 Å². The van der Waals surface area contributed by atoms with Gasteiger partial charge in [0.05, 0.1) is 0 Å². The monoisotopic (exact) mass is 397 g/mol. The van der Waals surface area contributed by atoms with Crippen molar-refractivity contribution >= 4 is 17.5 Å². The van der Waals surface area contributed by atoms with Crippen molar-refractivity contribution in [3.8, 4) is 0 Å². The van der Waals surface area contributed by atoms with E-state index in [0.29, 0.717) is 12.5 Å². The topological polar surface area (TPSA) is 69.1 Å². The lowest BCUT2D eigenvalue weighted by atomic mass is 9.76. The Balaban J connectivity index is 1.72. The first-order valence-corrected chi connectivity index (χ1v) is 9.72. The van der Waals surface area contributed by atoms with Gasteiger partial charge in [0.15, 0.2) is 0 Å². The van der Waals surface area contributed by atoms with Crippen LogP contribution < -0.4 is 16.5 Å². The minimum absolute atomic E-state index is 0.160. The predicted octanol–water partition coefficient (Wildman–Crippen LogP) is 2.58. The highest BCUT2D eigenvalue weighted by Crippen LogP contribution is 2.42. The molecule has 1 aromatic heterocycles. The van der Waals surface area contributed by atoms with Gasteiger partial charge >= 0.3 is 5.69 Å². The van der Waals surface area contributed by atoms with Crippen LogP contribution in [0.15, 0.2) is 53.3 Å². The first kappa shape index (κ1) is 18.8. The van der Waals surface area contributed by atoms with E-state index < -0.39 is 0 Å². The summed E-state index contributed by atoms with van der Waals surface area (Å²) < 4.78 is 2.79. The Morgan fingerprint density at radius 2 is 1.89 bits per heavy atom. The molecule has 28 heavy (non-hydrogen) atoms. The van der Waals surface area contributed by atoms with Gasteiger partial charge in [0, 0.05) is 31.1 Å². The smallest absolute Gasteiger partial charge is 0.278 e. The quantitative estimate of drug-likeness (QED) is 0.530. The van der Waals surface area contributed by atoms with Gasteiger partial charge in [-0.05, 0) is 48.1 Å². The minimum Gasteiger partial charge on any atom is -0.278 e. The second-order valence-corrected chi connectivity index (χ2v) is 8.07. The highest BCUT2D eigenvalue weighted by molar-refractivity contribution is 6.30. The molecule has 0 amide bonds. The molecule has 1 atom stereocenters. The van der Waals surface area contributed by atoms with E-state index in [1.54, 1.807) is 19.1 Å². The molecule has 0 radical (unpaired) electrons. The molecule has 1 heterocycles. The molecule has 0 fully saturated rings. The van der Waals surface area contributed by atoms with Crippen molar-refractivity contribution in [2.45, 2.75) is 24.7 Å². The molecule has 4 rings (SSSR count). The van der Waals surface area contributed by atoms with Gasteiger partial charge in [0.2, 0.25) is 5.95 Å². The Hall–Kier alpha value is -2.57. The highest BCUT2D eigenvalue weighted by atomic mass is 35.5. The Morgan fingerprint density at radius 1 is 1.18 bits per heavy atom. The summed E-state index contributed by atoms with van der Waals surface area (Å²) >= 11 is 6.07. The number of anilines is 1. The van der Waals surface area contributed by atoms with Crippen LogP contribution in [-0.4, -0.2) is 20.9 Å². The largest absolute Gasteiger partial charge is 0.346 e. The van der Waals surface area contributed by atoms with E-state index in [2.05, 4.69) is 41.5 Å². The van der Waals surface area contributed by atoms with E-state index in [1.165, 1.54) is 25.9 Å². The van der Waals surface area contributed by atoms with Crippen molar-refractivity contribution in [1.29, 1.82) is 0 Å². The molecule has 0 bridgehead atoms. The number of aryl methyl sites for hydroxylation is 2. The molecule has 3 aromatic rings. The van der Waals surface area contributed by atoms with Crippen LogP contribution in [0.3, 0.4) is 0 Å². The van der Waals surface area contributed by atoms with Crippen LogP contribution >= 0.6 is 11.6 Å². The molecule has 0 saturated carbocycles. The summed E-state index contributed by atoms with van der Waals surface area (Å²) in [5.74, 6) is 6.92. The number of fused-ring (bicyclic) bond motifs is 1. The summed E-state index contributed by atoms with van der Waals surface area (Å²) in [5, 5.41) is 6.65. The zero-order valence-electron chi connectivity index (χ0n) is 16.1. The van der Waals surface area contributed by atoms with Gasteiger partial charge in [-0.15, -0.1) is 5.10 Å². The van der Waals surface area contributed by atoms with Gasteiger partial charge in [-0.3, -0.25) is 9.58 Å². The average molecular weight is 398 g/mol. The lowest BCUT2D eigenvalue weighted by molar-refractivity contribution is 0.413. The minimum atomic E-state index is -0.191. The average Bonchev–Trinajstić information content (AvgIpc) is 3.17. The molecular formula is C21H24ClN5O. The number of hydrogen-bond donors (Lipinski definition) is 1. The van der Waals surface area contributed by atoms with E-state index in [4.69, 9.17) is 17.4 Å². The molecule has 2 N–H and O–H groups in total. The van der Waals surface area contributed by atoms with E-state index >= 15 is 0 Å². The fourth-order valence-corrected chi connectivity index (χ4v) is 4.48. The molecule has 0 spiro atoms. The van der Waals surface area contributed by atoms with Crippen LogP contribution in [0.1, 0.15) is 23.1 Å². The van der Waals surface area contributed by atoms with Crippen molar-refractivity contribution in [3.05, 3.63) is 80.7 Å². The van der Waals surface area contributed by atoms with Crippen molar-refractivity contribution < 1.29 is 0 Å². The summed E-state index contributed by atoms with van der Waals surface area (Å²) in [6.07, 6.45) is 2.85. The number of hydrazine groups is 1. The van der Waals surface area contributed by atoms with Gasteiger partial charge in [0.25, 0.3) is 0 Å². The summed E-state index contributed by atoms with van der Waals surface area (Å²) in [4.78, 5) is 12.1. The van der Waals surface area contributed by atoms with Crippen molar-refractivity contribution in [3.63, 3.8) is 0 Å². The predicted molar refractivity (Wildman–Crippen MR) is 112 cm³/mol. The molecule has 2 aromatic carbocycles. The molecule has 6 nitrogen and oxygen atoms in total. The first-order chi connectivity index (χ1) is 13.4. The van der Waals surface area contributed by atoms with Crippen LogP contribution in [0.5, 0.6) is 0 Å². The molecule has 1 aliphatic carbocycles. The Bertz CT molecular complexity index is 1060. The normalized spacial score (nSPS) is 18.3. The summed E-state index contributed by atoms with van der Waals surface area (Å²) in [7, 11) is 3.33. The molecule has 7 heteroatoms. The van der Waals surface area contributed by atoms with Gasteiger partial charge < -0.3 is 0 Å². The third-order valence-corrected chi connectivity index (χ3v) is 6.00. The second kappa shape index (κ2) is 7.11. The maximum atomic E-state index is 12.1. The highest BCUT2D eigenvalue weighted by Gasteiger charge is 2.40. The van der Waals surface area contributed by atoms with E-state index in [0.717, 1.165) is 24.3 Å². The van der Waals surface area contributed by atoms with Gasteiger partial charge in [0.1, 0.15) is 0 Å². The number of benzene rings is 2. The van der Waals surface area contributed by atoms with Crippen LogP contribution in [0, 0.1) is 0 Å². The standard InChI is InChI=1S/C21H24ClN5O/c1-25-19(24-26(2)20(25)28)27(23)14-21(13-15-7-9-17(22)10-8-15)12-11-16-5-3-4-6-18(16)21/h3-10H,11-14,23H2,1-2H3/t21-/m0/s1.